The van der Waals surface area contributed by atoms with Gasteiger partial charge in [-0.3, -0.25) is 0 Å². The van der Waals surface area contributed by atoms with Gasteiger partial charge in [-0.25, -0.2) is 4.98 Å². The van der Waals surface area contributed by atoms with Crippen LogP contribution >= 0.6 is 0 Å². The summed E-state index contributed by atoms with van der Waals surface area (Å²) in [5.41, 5.74) is 11.9. The molecular formula is C47H30N2O2. The third kappa shape index (κ3) is 5.13. The van der Waals surface area contributed by atoms with Gasteiger partial charge < -0.3 is 13.7 Å². The molecule has 0 aliphatic rings. The molecule has 4 nitrogen and oxygen atoms in total. The summed E-state index contributed by atoms with van der Waals surface area (Å²) in [7, 11) is 0. The molecule has 4 heteroatoms. The highest BCUT2D eigenvalue weighted by molar-refractivity contribution is 6.17. The average molecular weight is 655 g/mol. The smallest absolute Gasteiger partial charge is 0.227 e. The largest absolute Gasteiger partial charge is 0.456 e. The third-order valence-corrected chi connectivity index (χ3v) is 9.69. The molecule has 2 aromatic heterocycles. The summed E-state index contributed by atoms with van der Waals surface area (Å²) in [4.78, 5) is 7.28. The van der Waals surface area contributed by atoms with Gasteiger partial charge in [0.05, 0.1) is 5.39 Å². The molecule has 8 aromatic carbocycles. The SMILES string of the molecule is c1ccc(-c2ccc(N(c3ccc(-c4ccc5ccccc5c4)cc3)c3ccc4oc5ccc6oc(-c7ccccc7)nc6c5c4c3)cc2)cc1. The van der Waals surface area contributed by atoms with Crippen molar-refractivity contribution in [3.63, 3.8) is 0 Å². The standard InChI is InChI=1S/C47H30N2O2/c1-3-9-31(10-4-1)33-17-21-38(22-18-33)49(39-23-19-34(20-24-39)37-16-15-32-11-7-8-14-36(32)29-37)40-25-26-42-41(30-40)45-43(50-42)27-28-44-46(45)48-47(51-44)35-12-5-2-6-13-35/h1-30H. The fraction of sp³-hybridized carbons (Fsp3) is 0. The minimum absolute atomic E-state index is 0.593. The van der Waals surface area contributed by atoms with Gasteiger partial charge in [-0.1, -0.05) is 109 Å². The fourth-order valence-corrected chi connectivity index (χ4v) is 7.14. The molecule has 0 unspecified atom stereocenters. The first-order chi connectivity index (χ1) is 25.2. The van der Waals surface area contributed by atoms with Crippen LogP contribution in [-0.4, -0.2) is 4.98 Å². The van der Waals surface area contributed by atoms with Crippen LogP contribution in [0.4, 0.5) is 17.1 Å². The molecule has 0 N–H and O–H groups in total. The predicted octanol–water partition coefficient (Wildman–Crippen LogP) is 13.4. The van der Waals surface area contributed by atoms with E-state index in [1.165, 1.54) is 33.0 Å². The summed E-state index contributed by atoms with van der Waals surface area (Å²) >= 11 is 0. The van der Waals surface area contributed by atoms with Crippen LogP contribution in [0.2, 0.25) is 0 Å². The van der Waals surface area contributed by atoms with Gasteiger partial charge in [0.15, 0.2) is 5.58 Å². The second-order valence-electron chi connectivity index (χ2n) is 12.8. The fourth-order valence-electron chi connectivity index (χ4n) is 7.14. The minimum Gasteiger partial charge on any atom is -0.456 e. The van der Waals surface area contributed by atoms with E-state index in [0.717, 1.165) is 55.7 Å². The molecule has 0 amide bonds. The molecule has 51 heavy (non-hydrogen) atoms. The Kier molecular flexibility index (Phi) is 6.78. The topological polar surface area (TPSA) is 42.4 Å². The number of oxazole rings is 1. The molecule has 0 atom stereocenters. The zero-order valence-corrected chi connectivity index (χ0v) is 27.5. The molecule has 0 saturated heterocycles. The molecule has 0 bridgehead atoms. The maximum absolute atomic E-state index is 6.38. The van der Waals surface area contributed by atoms with E-state index in [0.29, 0.717) is 5.89 Å². The Morgan fingerprint density at radius 3 is 1.65 bits per heavy atom. The van der Waals surface area contributed by atoms with Crippen molar-refractivity contribution in [2.75, 3.05) is 4.90 Å². The number of anilines is 3. The highest BCUT2D eigenvalue weighted by Crippen LogP contribution is 2.42. The first kappa shape index (κ1) is 29.0. The normalized spacial score (nSPS) is 11.5. The zero-order chi connectivity index (χ0) is 33.7. The Morgan fingerprint density at radius 1 is 0.373 bits per heavy atom. The van der Waals surface area contributed by atoms with Gasteiger partial charge >= 0.3 is 0 Å². The maximum Gasteiger partial charge on any atom is 0.227 e. The van der Waals surface area contributed by atoms with Gasteiger partial charge in [0.1, 0.15) is 16.7 Å². The van der Waals surface area contributed by atoms with Crippen LogP contribution in [0.25, 0.3) is 77.5 Å². The van der Waals surface area contributed by atoms with Crippen LogP contribution in [0.3, 0.4) is 0 Å². The van der Waals surface area contributed by atoms with E-state index in [4.69, 9.17) is 13.8 Å². The van der Waals surface area contributed by atoms with E-state index in [1.807, 2.05) is 48.5 Å². The number of rotatable bonds is 6. The van der Waals surface area contributed by atoms with Crippen LogP contribution in [0.15, 0.2) is 191 Å². The van der Waals surface area contributed by atoms with E-state index < -0.39 is 0 Å². The molecule has 0 spiro atoms. The lowest BCUT2D eigenvalue weighted by molar-refractivity contribution is 0.619. The molecule has 0 radical (unpaired) electrons. The molecule has 0 fully saturated rings. The molecule has 10 rings (SSSR count). The van der Waals surface area contributed by atoms with Gasteiger partial charge in [0, 0.05) is 28.0 Å². The molecular weight excluding hydrogens is 625 g/mol. The maximum atomic E-state index is 6.38. The number of nitrogens with zero attached hydrogens (tertiary/aromatic N) is 2. The first-order valence-electron chi connectivity index (χ1n) is 17.1. The third-order valence-electron chi connectivity index (χ3n) is 9.69. The van der Waals surface area contributed by atoms with Crippen LogP contribution in [0.1, 0.15) is 0 Å². The number of hydrogen-bond donors (Lipinski definition) is 0. The van der Waals surface area contributed by atoms with Crippen molar-refractivity contribution >= 4 is 60.9 Å². The molecule has 0 aliphatic heterocycles. The Hall–Kier alpha value is -6.91. The van der Waals surface area contributed by atoms with Crippen molar-refractivity contribution < 1.29 is 8.83 Å². The lowest BCUT2D eigenvalue weighted by atomic mass is 10.0. The van der Waals surface area contributed by atoms with E-state index >= 15 is 0 Å². The van der Waals surface area contributed by atoms with Crippen molar-refractivity contribution in [1.29, 1.82) is 0 Å². The van der Waals surface area contributed by atoms with Gasteiger partial charge in [0.2, 0.25) is 5.89 Å². The zero-order valence-electron chi connectivity index (χ0n) is 27.5. The van der Waals surface area contributed by atoms with Crippen molar-refractivity contribution in [1.82, 2.24) is 4.98 Å². The van der Waals surface area contributed by atoms with E-state index in [9.17, 15) is 0 Å². The van der Waals surface area contributed by atoms with Crippen LogP contribution < -0.4 is 4.90 Å². The summed E-state index contributed by atoms with van der Waals surface area (Å²) in [6, 6.07) is 63.5. The van der Waals surface area contributed by atoms with Gasteiger partial charge in [0.25, 0.3) is 0 Å². The molecule has 0 saturated carbocycles. The monoisotopic (exact) mass is 654 g/mol. The second kappa shape index (κ2) is 11.9. The summed E-state index contributed by atoms with van der Waals surface area (Å²) in [5, 5.41) is 4.40. The lowest BCUT2D eigenvalue weighted by Gasteiger charge is -2.26. The lowest BCUT2D eigenvalue weighted by Crippen LogP contribution is -2.09. The Morgan fingerprint density at radius 2 is 0.922 bits per heavy atom. The quantitative estimate of drug-likeness (QED) is 0.179. The molecule has 10 aromatic rings. The van der Waals surface area contributed by atoms with Crippen molar-refractivity contribution in [2.45, 2.75) is 0 Å². The van der Waals surface area contributed by atoms with Gasteiger partial charge in [-0.2, -0.15) is 0 Å². The second-order valence-corrected chi connectivity index (χ2v) is 12.8. The summed E-state index contributed by atoms with van der Waals surface area (Å²) in [6.07, 6.45) is 0. The number of benzene rings is 8. The van der Waals surface area contributed by atoms with Gasteiger partial charge in [-0.15, -0.1) is 0 Å². The number of aromatic nitrogens is 1. The average Bonchev–Trinajstić information content (AvgIpc) is 3.81. The van der Waals surface area contributed by atoms with Crippen LogP contribution in [-0.2, 0) is 0 Å². The Balaban J connectivity index is 1.11. The van der Waals surface area contributed by atoms with Gasteiger partial charge in [-0.05, 0) is 106 Å². The van der Waals surface area contributed by atoms with E-state index in [2.05, 4.69) is 138 Å². The van der Waals surface area contributed by atoms with Crippen molar-refractivity contribution in [3.8, 4) is 33.7 Å². The number of hydrogen-bond acceptors (Lipinski definition) is 4. The summed E-state index contributed by atoms with van der Waals surface area (Å²) in [6.45, 7) is 0. The molecule has 2 heterocycles. The summed E-state index contributed by atoms with van der Waals surface area (Å²) < 4.78 is 12.6. The number of furan rings is 1. The van der Waals surface area contributed by atoms with E-state index in [-0.39, 0.29) is 0 Å². The highest BCUT2D eigenvalue weighted by atomic mass is 16.4. The van der Waals surface area contributed by atoms with Crippen LogP contribution in [0.5, 0.6) is 0 Å². The van der Waals surface area contributed by atoms with Crippen molar-refractivity contribution in [3.05, 3.63) is 182 Å². The van der Waals surface area contributed by atoms with E-state index in [1.54, 1.807) is 0 Å². The first-order valence-corrected chi connectivity index (χ1v) is 17.1. The Labute approximate surface area is 294 Å². The minimum atomic E-state index is 0.593. The predicted molar refractivity (Wildman–Crippen MR) is 210 cm³/mol. The highest BCUT2D eigenvalue weighted by Gasteiger charge is 2.19. The molecule has 0 aliphatic carbocycles. The Bertz CT molecular complexity index is 2840. The summed E-state index contributed by atoms with van der Waals surface area (Å²) in [5.74, 6) is 0.593. The molecule has 240 valence electrons. The van der Waals surface area contributed by atoms with Crippen molar-refractivity contribution in [2.24, 2.45) is 0 Å². The van der Waals surface area contributed by atoms with Crippen LogP contribution in [0, 0.1) is 0 Å². The number of fused-ring (bicyclic) bond motifs is 6.